The van der Waals surface area contributed by atoms with E-state index in [4.69, 9.17) is 0 Å². The monoisotopic (exact) mass is 400 g/mol. The number of hydrogen-bond acceptors (Lipinski definition) is 0. The SMILES string of the molecule is CC1c2ccc([nH]2)C(C)(C)c2ccc([nH]2)C(C)c2ccc([nH]2)C(C)(C)c2ccc1[nH]2. The molecule has 4 nitrogen and oxygen atoms in total. The van der Waals surface area contributed by atoms with Gasteiger partial charge in [0.15, 0.2) is 0 Å². The van der Waals surface area contributed by atoms with Crippen LogP contribution in [0.15, 0.2) is 48.5 Å². The summed E-state index contributed by atoms with van der Waals surface area (Å²) in [7, 11) is 0. The highest BCUT2D eigenvalue weighted by atomic mass is 14.9. The lowest BCUT2D eigenvalue weighted by Gasteiger charge is -2.24. The van der Waals surface area contributed by atoms with E-state index in [1.807, 2.05) is 0 Å². The molecular weight excluding hydrogens is 368 g/mol. The van der Waals surface area contributed by atoms with Crippen LogP contribution >= 0.6 is 0 Å². The number of nitrogens with one attached hydrogen (secondary N) is 4. The Balaban J connectivity index is 1.70. The van der Waals surface area contributed by atoms with E-state index in [2.05, 4.69) is 110 Å². The highest BCUT2D eigenvalue weighted by Gasteiger charge is 2.31. The second kappa shape index (κ2) is 6.31. The Morgan fingerprint density at radius 1 is 0.467 bits per heavy atom. The number of aromatic amines is 4. The third-order valence-electron chi connectivity index (χ3n) is 7.39. The third-order valence-corrected chi connectivity index (χ3v) is 7.39. The topological polar surface area (TPSA) is 63.2 Å². The van der Waals surface area contributed by atoms with Crippen LogP contribution in [0.3, 0.4) is 0 Å². The lowest BCUT2D eigenvalue weighted by molar-refractivity contribution is 0.589. The average molecular weight is 401 g/mol. The van der Waals surface area contributed by atoms with Crippen LogP contribution in [-0.2, 0) is 10.8 Å². The zero-order valence-corrected chi connectivity index (χ0v) is 18.8. The zero-order valence-electron chi connectivity index (χ0n) is 18.8. The molecule has 156 valence electrons. The molecule has 30 heavy (non-hydrogen) atoms. The van der Waals surface area contributed by atoms with Crippen molar-refractivity contribution in [2.75, 3.05) is 0 Å². The van der Waals surface area contributed by atoms with Crippen molar-refractivity contribution in [1.29, 1.82) is 0 Å². The Bertz CT molecular complexity index is 1010. The van der Waals surface area contributed by atoms with Crippen LogP contribution in [0.2, 0.25) is 0 Å². The lowest BCUT2D eigenvalue weighted by Crippen LogP contribution is -2.21. The van der Waals surface area contributed by atoms with Crippen molar-refractivity contribution in [3.63, 3.8) is 0 Å². The van der Waals surface area contributed by atoms with Crippen LogP contribution in [0, 0.1) is 0 Å². The average Bonchev–Trinajstić information content (AvgIpc) is 3.50. The van der Waals surface area contributed by atoms with Gasteiger partial charge >= 0.3 is 0 Å². The van der Waals surface area contributed by atoms with Gasteiger partial charge in [-0.25, -0.2) is 0 Å². The first-order valence-corrected chi connectivity index (χ1v) is 11.0. The van der Waals surface area contributed by atoms with Crippen LogP contribution in [0.1, 0.15) is 98.9 Å². The normalized spacial score (nSPS) is 22.2. The molecule has 5 rings (SSSR count). The molecule has 5 heterocycles. The first-order chi connectivity index (χ1) is 14.2. The molecule has 1 aliphatic heterocycles. The van der Waals surface area contributed by atoms with E-state index >= 15 is 0 Å². The molecule has 0 spiro atoms. The molecule has 0 fully saturated rings. The summed E-state index contributed by atoms with van der Waals surface area (Å²) in [5.74, 6) is 0.538. The second-order valence-corrected chi connectivity index (χ2v) is 10.0. The van der Waals surface area contributed by atoms with Gasteiger partial charge in [0.25, 0.3) is 0 Å². The lowest BCUT2D eigenvalue weighted by atomic mass is 9.86. The van der Waals surface area contributed by atoms with Crippen molar-refractivity contribution in [2.24, 2.45) is 0 Å². The van der Waals surface area contributed by atoms with E-state index in [-0.39, 0.29) is 22.7 Å². The van der Waals surface area contributed by atoms with E-state index in [0.717, 1.165) is 0 Å². The Labute approximate surface area is 178 Å². The van der Waals surface area contributed by atoms with Crippen molar-refractivity contribution in [3.8, 4) is 0 Å². The summed E-state index contributed by atoms with van der Waals surface area (Å²) >= 11 is 0. The molecule has 0 aromatic carbocycles. The van der Waals surface area contributed by atoms with Crippen LogP contribution in [-0.4, -0.2) is 19.9 Å². The molecule has 4 heteroatoms. The van der Waals surface area contributed by atoms with E-state index in [1.165, 1.54) is 45.6 Å². The van der Waals surface area contributed by atoms with Gasteiger partial charge in [-0.2, -0.15) is 0 Å². The highest BCUT2D eigenvalue weighted by Crippen LogP contribution is 2.37. The quantitative estimate of drug-likeness (QED) is 0.269. The van der Waals surface area contributed by atoms with Gasteiger partial charge in [-0.15, -0.1) is 0 Å². The zero-order chi connectivity index (χ0) is 21.3. The standard InChI is InChI=1S/C26H32N4/c1-15-17-7-11-21(27-17)25(3,4)23-13-9-19(29-23)16(2)20-10-14-24(30-20)26(5,6)22-12-8-18(15)28-22/h7-16,27-30H,1-6H3. The van der Waals surface area contributed by atoms with Crippen molar-refractivity contribution < 1.29 is 0 Å². The maximum absolute atomic E-state index is 3.72. The molecule has 0 saturated carbocycles. The minimum atomic E-state index is -0.128. The number of aromatic nitrogens is 4. The number of H-pyrrole nitrogens is 4. The van der Waals surface area contributed by atoms with Gasteiger partial charge in [0.05, 0.1) is 0 Å². The van der Waals surface area contributed by atoms with E-state index in [1.54, 1.807) is 0 Å². The van der Waals surface area contributed by atoms with Crippen LogP contribution in [0.4, 0.5) is 0 Å². The van der Waals surface area contributed by atoms with E-state index in [9.17, 15) is 0 Å². The Morgan fingerprint density at radius 2 is 0.700 bits per heavy atom. The molecule has 0 radical (unpaired) electrons. The van der Waals surface area contributed by atoms with E-state index < -0.39 is 0 Å². The Hall–Kier alpha value is -2.88. The molecule has 0 aliphatic carbocycles. The molecule has 0 unspecified atom stereocenters. The summed E-state index contributed by atoms with van der Waals surface area (Å²) < 4.78 is 0. The molecule has 4 aromatic rings. The smallest absolute Gasteiger partial charge is 0.0447 e. The summed E-state index contributed by atoms with van der Waals surface area (Å²) in [6.07, 6.45) is 0. The van der Waals surface area contributed by atoms with Gasteiger partial charge in [-0.3, -0.25) is 0 Å². The van der Waals surface area contributed by atoms with Crippen molar-refractivity contribution >= 4 is 0 Å². The molecule has 0 saturated heterocycles. The van der Waals surface area contributed by atoms with Crippen LogP contribution < -0.4 is 0 Å². The van der Waals surface area contributed by atoms with Crippen LogP contribution in [0.5, 0.6) is 0 Å². The van der Waals surface area contributed by atoms with E-state index in [0.29, 0.717) is 0 Å². The number of rotatable bonds is 0. The van der Waals surface area contributed by atoms with Gasteiger partial charge in [0.2, 0.25) is 0 Å². The molecular formula is C26H32N4. The maximum atomic E-state index is 3.72. The summed E-state index contributed by atoms with van der Waals surface area (Å²) in [5, 5.41) is 0. The molecule has 0 amide bonds. The van der Waals surface area contributed by atoms with Crippen molar-refractivity contribution in [2.45, 2.75) is 64.2 Å². The fourth-order valence-corrected chi connectivity index (χ4v) is 4.74. The van der Waals surface area contributed by atoms with Crippen LogP contribution in [0.25, 0.3) is 0 Å². The fourth-order valence-electron chi connectivity index (χ4n) is 4.74. The summed E-state index contributed by atoms with van der Waals surface area (Å²) in [6.45, 7) is 13.6. The van der Waals surface area contributed by atoms with Gasteiger partial charge in [0.1, 0.15) is 0 Å². The predicted octanol–water partition coefficient (Wildman–Crippen LogP) is 6.27. The van der Waals surface area contributed by atoms with Crippen molar-refractivity contribution in [3.05, 3.63) is 94.1 Å². The second-order valence-electron chi connectivity index (χ2n) is 10.0. The molecule has 4 aromatic heterocycles. The molecule has 1 aliphatic rings. The summed E-state index contributed by atoms with van der Waals surface area (Å²) in [4.78, 5) is 14.9. The first-order valence-electron chi connectivity index (χ1n) is 11.0. The maximum Gasteiger partial charge on any atom is 0.0447 e. The number of hydrogen-bond donors (Lipinski definition) is 4. The Morgan fingerprint density at radius 3 is 0.933 bits per heavy atom. The molecule has 8 bridgehead atoms. The molecule has 4 N–H and O–H groups in total. The van der Waals surface area contributed by atoms with Gasteiger partial charge in [0, 0.05) is 68.2 Å². The number of fused-ring (bicyclic) bond motifs is 8. The fraction of sp³-hybridized carbons (Fsp3) is 0.385. The van der Waals surface area contributed by atoms with Gasteiger partial charge in [-0.1, -0.05) is 13.8 Å². The summed E-state index contributed by atoms with van der Waals surface area (Å²) in [5.41, 5.74) is 9.60. The predicted molar refractivity (Wildman–Crippen MR) is 122 cm³/mol. The Kier molecular flexibility index (Phi) is 4.02. The minimum Gasteiger partial charge on any atom is -0.361 e. The van der Waals surface area contributed by atoms with Crippen molar-refractivity contribution in [1.82, 2.24) is 19.9 Å². The minimum absolute atomic E-state index is 0.128. The first kappa shape index (κ1) is 19.1. The third kappa shape index (κ3) is 2.73. The highest BCUT2D eigenvalue weighted by molar-refractivity contribution is 5.40. The van der Waals surface area contributed by atoms with Gasteiger partial charge in [-0.05, 0) is 76.2 Å². The van der Waals surface area contributed by atoms with Gasteiger partial charge < -0.3 is 19.9 Å². The molecule has 0 atom stereocenters. The largest absolute Gasteiger partial charge is 0.361 e. The summed E-state index contributed by atoms with van der Waals surface area (Å²) in [6, 6.07) is 17.9.